The number of β-amino-alcohol motifs (C(OH)–C–C–N with tert-alkyl or cyclic N) is 1. The topological polar surface area (TPSA) is 49.5 Å². The number of nitrogens with zero attached hydrogens (tertiary/aromatic N) is 1. The average molecular weight is 156 g/mol. The fourth-order valence-electron chi connectivity index (χ4n) is 2.58. The van der Waals surface area contributed by atoms with E-state index in [4.69, 9.17) is 5.73 Å². The summed E-state index contributed by atoms with van der Waals surface area (Å²) in [6.45, 7) is 2.69. The van der Waals surface area contributed by atoms with Gasteiger partial charge in [0.15, 0.2) is 0 Å². The summed E-state index contributed by atoms with van der Waals surface area (Å²) in [6, 6.07) is 0. The zero-order valence-electron chi connectivity index (χ0n) is 6.79. The van der Waals surface area contributed by atoms with Crippen molar-refractivity contribution in [1.82, 2.24) is 4.90 Å². The van der Waals surface area contributed by atoms with Crippen molar-refractivity contribution in [2.75, 3.05) is 19.6 Å². The number of rotatable bonds is 1. The van der Waals surface area contributed by atoms with Crippen molar-refractivity contribution in [2.45, 2.75) is 30.9 Å². The molecule has 11 heavy (non-hydrogen) atoms. The van der Waals surface area contributed by atoms with Gasteiger partial charge in [-0.2, -0.15) is 0 Å². The maximum absolute atomic E-state index is 9.43. The SMILES string of the molecule is NC[C@]12CCCN1C[C@@H](O)C2. The molecule has 2 atom stereocenters. The highest BCUT2D eigenvalue weighted by molar-refractivity contribution is 5.03. The Morgan fingerprint density at radius 3 is 3.09 bits per heavy atom. The summed E-state index contributed by atoms with van der Waals surface area (Å²) in [7, 11) is 0. The Balaban J connectivity index is 2.15. The molecule has 0 aromatic heterocycles. The lowest BCUT2D eigenvalue weighted by atomic mass is 9.94. The Morgan fingerprint density at radius 2 is 2.45 bits per heavy atom. The van der Waals surface area contributed by atoms with E-state index < -0.39 is 0 Å². The zero-order chi connectivity index (χ0) is 7.90. The molecule has 0 amide bonds. The van der Waals surface area contributed by atoms with Crippen LogP contribution >= 0.6 is 0 Å². The van der Waals surface area contributed by atoms with Gasteiger partial charge in [0.2, 0.25) is 0 Å². The maximum atomic E-state index is 9.43. The van der Waals surface area contributed by atoms with Crippen molar-refractivity contribution < 1.29 is 5.11 Å². The van der Waals surface area contributed by atoms with Gasteiger partial charge in [0, 0.05) is 18.6 Å². The lowest BCUT2D eigenvalue weighted by Gasteiger charge is -2.29. The van der Waals surface area contributed by atoms with Crippen LogP contribution < -0.4 is 5.73 Å². The second kappa shape index (κ2) is 2.44. The van der Waals surface area contributed by atoms with Gasteiger partial charge in [0.25, 0.3) is 0 Å². The smallest absolute Gasteiger partial charge is 0.0685 e. The molecule has 3 nitrogen and oxygen atoms in total. The van der Waals surface area contributed by atoms with Crippen molar-refractivity contribution in [1.29, 1.82) is 0 Å². The molecule has 2 aliphatic rings. The van der Waals surface area contributed by atoms with Crippen LogP contribution in [0.15, 0.2) is 0 Å². The van der Waals surface area contributed by atoms with E-state index in [0.29, 0.717) is 6.54 Å². The van der Waals surface area contributed by atoms with Gasteiger partial charge in [0.05, 0.1) is 6.10 Å². The summed E-state index contributed by atoms with van der Waals surface area (Å²) in [5.41, 5.74) is 5.90. The van der Waals surface area contributed by atoms with E-state index in [1.165, 1.54) is 12.8 Å². The number of fused-ring (bicyclic) bond motifs is 1. The van der Waals surface area contributed by atoms with Crippen LogP contribution in [0.2, 0.25) is 0 Å². The quantitative estimate of drug-likeness (QED) is 0.540. The van der Waals surface area contributed by atoms with Crippen LogP contribution in [0.25, 0.3) is 0 Å². The van der Waals surface area contributed by atoms with Crippen LogP contribution in [-0.4, -0.2) is 41.3 Å². The Kier molecular flexibility index (Phi) is 1.67. The van der Waals surface area contributed by atoms with Crippen molar-refractivity contribution in [3.63, 3.8) is 0 Å². The molecule has 2 fully saturated rings. The van der Waals surface area contributed by atoms with Crippen LogP contribution in [0.1, 0.15) is 19.3 Å². The molecule has 0 aliphatic carbocycles. The molecule has 3 N–H and O–H groups in total. The minimum Gasteiger partial charge on any atom is -0.392 e. The van der Waals surface area contributed by atoms with Gasteiger partial charge < -0.3 is 10.8 Å². The molecule has 0 radical (unpaired) electrons. The molecular formula is C8H16N2O. The van der Waals surface area contributed by atoms with E-state index in [1.807, 2.05) is 0 Å². The van der Waals surface area contributed by atoms with E-state index in [-0.39, 0.29) is 11.6 Å². The highest BCUT2D eigenvalue weighted by Crippen LogP contribution is 2.37. The standard InChI is InChI=1S/C8H16N2O/c9-6-8-2-1-3-10(8)5-7(11)4-8/h7,11H,1-6,9H2/t7-,8+/m0/s1. The molecule has 0 aromatic carbocycles. The van der Waals surface area contributed by atoms with Crippen LogP contribution in [-0.2, 0) is 0 Å². The minimum atomic E-state index is -0.126. The molecule has 3 heteroatoms. The van der Waals surface area contributed by atoms with Gasteiger partial charge in [-0.15, -0.1) is 0 Å². The van der Waals surface area contributed by atoms with Gasteiger partial charge in [-0.05, 0) is 25.8 Å². The molecule has 0 unspecified atom stereocenters. The number of hydrogen-bond acceptors (Lipinski definition) is 3. The van der Waals surface area contributed by atoms with Crippen molar-refractivity contribution >= 4 is 0 Å². The molecule has 2 saturated heterocycles. The number of aliphatic hydroxyl groups is 1. The molecular weight excluding hydrogens is 140 g/mol. The fraction of sp³-hybridized carbons (Fsp3) is 1.00. The number of aliphatic hydroxyl groups excluding tert-OH is 1. The summed E-state index contributed by atoms with van der Waals surface area (Å²) in [4.78, 5) is 2.36. The van der Waals surface area contributed by atoms with Gasteiger partial charge >= 0.3 is 0 Å². The van der Waals surface area contributed by atoms with Gasteiger partial charge in [-0.1, -0.05) is 0 Å². The third-order valence-corrected chi connectivity index (χ3v) is 3.17. The summed E-state index contributed by atoms with van der Waals surface area (Å²) < 4.78 is 0. The summed E-state index contributed by atoms with van der Waals surface area (Å²) >= 11 is 0. The lowest BCUT2D eigenvalue weighted by molar-refractivity contribution is 0.177. The molecule has 2 aliphatic heterocycles. The monoisotopic (exact) mass is 156 g/mol. The van der Waals surface area contributed by atoms with Gasteiger partial charge in [-0.3, -0.25) is 4.90 Å². The second-order valence-corrected chi connectivity index (χ2v) is 3.84. The predicted molar refractivity (Wildman–Crippen MR) is 43.2 cm³/mol. The molecule has 0 saturated carbocycles. The molecule has 0 spiro atoms. The third kappa shape index (κ3) is 0.991. The first kappa shape index (κ1) is 7.53. The Bertz CT molecular complexity index is 162. The predicted octanol–water partition coefficient (Wildman–Crippen LogP) is -0.456. The van der Waals surface area contributed by atoms with Crippen LogP contribution in [0.3, 0.4) is 0 Å². The first-order chi connectivity index (χ1) is 5.27. The van der Waals surface area contributed by atoms with E-state index >= 15 is 0 Å². The van der Waals surface area contributed by atoms with Crippen LogP contribution in [0.4, 0.5) is 0 Å². The van der Waals surface area contributed by atoms with Crippen molar-refractivity contribution in [3.05, 3.63) is 0 Å². The van der Waals surface area contributed by atoms with Gasteiger partial charge in [0.1, 0.15) is 0 Å². The average Bonchev–Trinajstić information content (AvgIpc) is 2.43. The first-order valence-corrected chi connectivity index (χ1v) is 4.40. The van der Waals surface area contributed by atoms with Crippen LogP contribution in [0, 0.1) is 0 Å². The highest BCUT2D eigenvalue weighted by atomic mass is 16.3. The van der Waals surface area contributed by atoms with Crippen molar-refractivity contribution in [3.8, 4) is 0 Å². The second-order valence-electron chi connectivity index (χ2n) is 3.84. The fourth-order valence-corrected chi connectivity index (χ4v) is 2.58. The minimum absolute atomic E-state index is 0.126. The molecule has 0 aromatic rings. The summed E-state index contributed by atoms with van der Waals surface area (Å²) in [6.07, 6.45) is 3.20. The lowest BCUT2D eigenvalue weighted by Crippen LogP contribution is -2.44. The molecule has 64 valence electrons. The number of hydrogen-bond donors (Lipinski definition) is 2. The normalized spacial score (nSPS) is 44.7. The van der Waals surface area contributed by atoms with E-state index in [2.05, 4.69) is 4.90 Å². The van der Waals surface area contributed by atoms with Crippen LogP contribution in [0.5, 0.6) is 0 Å². The Labute approximate surface area is 67.2 Å². The molecule has 0 bridgehead atoms. The molecule has 2 rings (SSSR count). The largest absolute Gasteiger partial charge is 0.392 e. The Morgan fingerprint density at radius 1 is 1.64 bits per heavy atom. The summed E-state index contributed by atoms with van der Waals surface area (Å²) in [5.74, 6) is 0. The van der Waals surface area contributed by atoms with Gasteiger partial charge in [-0.25, -0.2) is 0 Å². The third-order valence-electron chi connectivity index (χ3n) is 3.17. The maximum Gasteiger partial charge on any atom is 0.0685 e. The highest BCUT2D eigenvalue weighted by Gasteiger charge is 2.46. The van der Waals surface area contributed by atoms with E-state index in [1.54, 1.807) is 0 Å². The summed E-state index contributed by atoms with van der Waals surface area (Å²) in [5, 5.41) is 9.43. The molecule has 2 heterocycles. The van der Waals surface area contributed by atoms with Crippen molar-refractivity contribution in [2.24, 2.45) is 5.73 Å². The van der Waals surface area contributed by atoms with E-state index in [0.717, 1.165) is 19.5 Å². The number of nitrogens with two attached hydrogens (primary N) is 1. The van der Waals surface area contributed by atoms with E-state index in [9.17, 15) is 5.11 Å². The Hall–Kier alpha value is -0.120. The first-order valence-electron chi connectivity index (χ1n) is 4.40. The zero-order valence-corrected chi connectivity index (χ0v) is 6.79.